The van der Waals surface area contributed by atoms with Crippen molar-refractivity contribution >= 4 is 23.2 Å². The Hall–Kier alpha value is -2.22. The number of nitrogens with zero attached hydrogens (tertiary/aromatic N) is 5. The maximum absolute atomic E-state index is 12.4. The van der Waals surface area contributed by atoms with E-state index in [0.717, 1.165) is 18.0 Å². The number of likely N-dealkylation sites (tertiary alicyclic amines) is 2. The van der Waals surface area contributed by atoms with E-state index in [1.807, 2.05) is 27.3 Å². The molecule has 120 valence electrons. The van der Waals surface area contributed by atoms with Gasteiger partial charge in [0.2, 0.25) is 5.82 Å². The summed E-state index contributed by atoms with van der Waals surface area (Å²) in [6, 6.07) is 3.76. The van der Waals surface area contributed by atoms with Crippen LogP contribution in [0.25, 0.3) is 0 Å². The molecule has 2 aromatic rings. The van der Waals surface area contributed by atoms with Crippen LogP contribution in [0.2, 0.25) is 0 Å². The molecule has 0 spiro atoms. The molecule has 0 bridgehead atoms. The Bertz CT molecular complexity index is 727. The summed E-state index contributed by atoms with van der Waals surface area (Å²) in [6.07, 6.45) is 1.53. The summed E-state index contributed by atoms with van der Waals surface area (Å²) in [7, 11) is 1.75. The van der Waals surface area contributed by atoms with Crippen LogP contribution in [-0.4, -0.2) is 62.6 Å². The first-order valence-corrected chi connectivity index (χ1v) is 8.47. The van der Waals surface area contributed by atoms with E-state index >= 15 is 0 Å². The van der Waals surface area contributed by atoms with Crippen LogP contribution in [0.3, 0.4) is 0 Å². The van der Waals surface area contributed by atoms with Gasteiger partial charge in [0.05, 0.1) is 4.88 Å². The molecule has 4 heterocycles. The quantitative estimate of drug-likeness (QED) is 0.813. The average molecular weight is 331 g/mol. The Labute approximate surface area is 137 Å². The summed E-state index contributed by atoms with van der Waals surface area (Å²) in [5, 5.41) is 6.00. The highest BCUT2D eigenvalue weighted by molar-refractivity contribution is 7.12. The Morgan fingerprint density at radius 2 is 1.78 bits per heavy atom. The predicted molar refractivity (Wildman–Crippen MR) is 84.1 cm³/mol. The number of aromatic nitrogens is 3. The Morgan fingerprint density at radius 1 is 1.13 bits per heavy atom. The zero-order valence-electron chi connectivity index (χ0n) is 12.8. The summed E-state index contributed by atoms with van der Waals surface area (Å²) in [5.74, 6) is 0.951. The topological polar surface area (TPSA) is 71.3 Å². The van der Waals surface area contributed by atoms with E-state index in [4.69, 9.17) is 0 Å². The number of rotatable bonds is 2. The number of fused-ring (bicyclic) bond motifs is 1. The molecule has 0 unspecified atom stereocenters. The highest BCUT2D eigenvalue weighted by atomic mass is 32.1. The molecular formula is C15H17N5O2S. The Balaban J connectivity index is 1.40. The summed E-state index contributed by atoms with van der Waals surface area (Å²) < 4.78 is 1.53. The molecular weight excluding hydrogens is 314 g/mol. The molecule has 2 atom stereocenters. The van der Waals surface area contributed by atoms with E-state index in [9.17, 15) is 9.59 Å². The summed E-state index contributed by atoms with van der Waals surface area (Å²) in [4.78, 5) is 33.4. The second-order valence-electron chi connectivity index (χ2n) is 6.16. The standard InChI is InChI=1S/C15H17N5O2S/c1-18-9-16-13(17-18)15(22)20-7-10-5-19(6-11(10)8-20)14(21)12-3-2-4-23-12/h2-4,9-11H,5-8H2,1H3/t10-,11+. The molecule has 0 saturated carbocycles. The van der Waals surface area contributed by atoms with Gasteiger partial charge in [-0.1, -0.05) is 6.07 Å². The molecule has 2 fully saturated rings. The molecule has 2 aliphatic heterocycles. The van der Waals surface area contributed by atoms with Crippen LogP contribution in [0.1, 0.15) is 20.3 Å². The normalized spacial score (nSPS) is 23.3. The molecule has 4 rings (SSSR count). The van der Waals surface area contributed by atoms with Crippen molar-refractivity contribution in [3.63, 3.8) is 0 Å². The first-order valence-electron chi connectivity index (χ1n) is 7.59. The van der Waals surface area contributed by atoms with Crippen molar-refractivity contribution in [1.29, 1.82) is 0 Å². The van der Waals surface area contributed by atoms with Crippen LogP contribution in [0.5, 0.6) is 0 Å². The van der Waals surface area contributed by atoms with E-state index in [-0.39, 0.29) is 17.6 Å². The third kappa shape index (κ3) is 2.52. The average Bonchev–Trinajstić information content (AvgIpc) is 3.28. The Morgan fingerprint density at radius 3 is 2.30 bits per heavy atom. The van der Waals surface area contributed by atoms with Gasteiger partial charge in [0.1, 0.15) is 6.33 Å². The third-order valence-electron chi connectivity index (χ3n) is 4.58. The van der Waals surface area contributed by atoms with Crippen molar-refractivity contribution in [2.75, 3.05) is 26.2 Å². The van der Waals surface area contributed by atoms with Crippen molar-refractivity contribution < 1.29 is 9.59 Å². The van der Waals surface area contributed by atoms with Crippen LogP contribution >= 0.6 is 11.3 Å². The minimum atomic E-state index is -0.115. The van der Waals surface area contributed by atoms with E-state index < -0.39 is 0 Å². The number of thiophene rings is 1. The van der Waals surface area contributed by atoms with E-state index in [1.54, 1.807) is 7.05 Å². The lowest BCUT2D eigenvalue weighted by Gasteiger charge is -2.20. The molecule has 23 heavy (non-hydrogen) atoms. The highest BCUT2D eigenvalue weighted by Crippen LogP contribution is 2.32. The largest absolute Gasteiger partial charge is 0.337 e. The Kier molecular flexibility index (Phi) is 3.41. The zero-order chi connectivity index (χ0) is 16.0. The SMILES string of the molecule is Cn1cnc(C(=O)N2C[C@@H]3CN(C(=O)c4cccs4)C[C@@H]3C2)n1. The maximum atomic E-state index is 12.4. The first kappa shape index (κ1) is 14.4. The van der Waals surface area contributed by atoms with Crippen LogP contribution < -0.4 is 0 Å². The minimum absolute atomic E-state index is 0.110. The van der Waals surface area contributed by atoms with E-state index in [0.29, 0.717) is 24.9 Å². The monoisotopic (exact) mass is 331 g/mol. The molecule has 8 heteroatoms. The summed E-state index contributed by atoms with van der Waals surface area (Å²) in [5.41, 5.74) is 0. The van der Waals surface area contributed by atoms with Gasteiger partial charge in [-0.3, -0.25) is 14.3 Å². The van der Waals surface area contributed by atoms with Gasteiger partial charge in [0.25, 0.3) is 11.8 Å². The van der Waals surface area contributed by atoms with Gasteiger partial charge in [-0.25, -0.2) is 4.98 Å². The number of aryl methyl sites for hydroxylation is 1. The molecule has 0 aliphatic carbocycles. The van der Waals surface area contributed by atoms with Crippen LogP contribution in [-0.2, 0) is 7.05 Å². The fourth-order valence-corrected chi connectivity index (χ4v) is 4.15. The maximum Gasteiger partial charge on any atom is 0.293 e. The molecule has 2 aromatic heterocycles. The lowest BCUT2D eigenvalue weighted by Crippen LogP contribution is -2.35. The molecule has 7 nitrogen and oxygen atoms in total. The smallest absolute Gasteiger partial charge is 0.293 e. The summed E-state index contributed by atoms with van der Waals surface area (Å²) >= 11 is 1.48. The van der Waals surface area contributed by atoms with E-state index in [1.165, 1.54) is 22.3 Å². The first-order chi connectivity index (χ1) is 11.1. The molecule has 2 aliphatic rings. The van der Waals surface area contributed by atoms with Gasteiger partial charge in [0.15, 0.2) is 0 Å². The lowest BCUT2D eigenvalue weighted by atomic mass is 10.0. The predicted octanol–water partition coefficient (Wildman–Crippen LogP) is 0.721. The van der Waals surface area contributed by atoms with Gasteiger partial charge in [-0.15, -0.1) is 16.4 Å². The molecule has 0 N–H and O–H groups in total. The van der Waals surface area contributed by atoms with Gasteiger partial charge in [0, 0.05) is 45.1 Å². The number of carbonyl (C=O) groups excluding carboxylic acids is 2. The summed E-state index contributed by atoms with van der Waals surface area (Å²) in [6.45, 7) is 2.80. The van der Waals surface area contributed by atoms with Gasteiger partial charge >= 0.3 is 0 Å². The second-order valence-corrected chi connectivity index (χ2v) is 7.11. The van der Waals surface area contributed by atoms with Crippen molar-refractivity contribution in [2.45, 2.75) is 0 Å². The molecule has 2 saturated heterocycles. The van der Waals surface area contributed by atoms with Crippen molar-refractivity contribution in [3.8, 4) is 0 Å². The number of carbonyl (C=O) groups is 2. The van der Waals surface area contributed by atoms with Crippen LogP contribution in [0.4, 0.5) is 0 Å². The number of amides is 2. The fourth-order valence-electron chi connectivity index (χ4n) is 3.46. The van der Waals surface area contributed by atoms with E-state index in [2.05, 4.69) is 10.1 Å². The number of hydrogen-bond acceptors (Lipinski definition) is 5. The van der Waals surface area contributed by atoms with Crippen molar-refractivity contribution in [3.05, 3.63) is 34.5 Å². The van der Waals surface area contributed by atoms with Gasteiger partial charge in [-0.05, 0) is 11.4 Å². The minimum Gasteiger partial charge on any atom is -0.337 e. The third-order valence-corrected chi connectivity index (χ3v) is 5.44. The highest BCUT2D eigenvalue weighted by Gasteiger charge is 2.43. The molecule has 0 radical (unpaired) electrons. The molecule has 2 amide bonds. The van der Waals surface area contributed by atoms with Gasteiger partial charge < -0.3 is 9.80 Å². The fraction of sp³-hybridized carbons (Fsp3) is 0.467. The van der Waals surface area contributed by atoms with Crippen molar-refractivity contribution in [1.82, 2.24) is 24.6 Å². The van der Waals surface area contributed by atoms with Crippen LogP contribution in [0.15, 0.2) is 23.8 Å². The molecule has 0 aromatic carbocycles. The zero-order valence-corrected chi connectivity index (χ0v) is 13.6. The number of hydrogen-bond donors (Lipinski definition) is 0. The second kappa shape index (κ2) is 5.45. The van der Waals surface area contributed by atoms with Gasteiger partial charge in [-0.2, -0.15) is 0 Å². The van der Waals surface area contributed by atoms with Crippen LogP contribution in [0, 0.1) is 11.8 Å². The van der Waals surface area contributed by atoms with Crippen molar-refractivity contribution in [2.24, 2.45) is 18.9 Å². The lowest BCUT2D eigenvalue weighted by molar-refractivity contribution is 0.0734.